The van der Waals surface area contributed by atoms with E-state index >= 15 is 0 Å². The van der Waals surface area contributed by atoms with Gasteiger partial charge in [0.05, 0.1) is 10.6 Å². The molecule has 0 unspecified atom stereocenters. The van der Waals surface area contributed by atoms with Crippen LogP contribution in [0.2, 0.25) is 0 Å². The fourth-order valence-electron chi connectivity index (χ4n) is 3.39. The number of H-pyrrole nitrogens is 1. The van der Waals surface area contributed by atoms with E-state index < -0.39 is 17.9 Å². The van der Waals surface area contributed by atoms with E-state index in [2.05, 4.69) is 15.5 Å². The van der Waals surface area contributed by atoms with E-state index in [9.17, 15) is 13.0 Å². The summed E-state index contributed by atoms with van der Waals surface area (Å²) in [5.74, 6) is 1.24. The Morgan fingerprint density at radius 2 is 1.19 bits per heavy atom. The van der Waals surface area contributed by atoms with Crippen molar-refractivity contribution < 1.29 is 31.1 Å². The number of aromatic nitrogens is 4. The number of hydrogen-bond donors (Lipinski definition) is 2. The van der Waals surface area contributed by atoms with Gasteiger partial charge in [0.25, 0.3) is 10.1 Å². The molecule has 0 amide bonds. The number of hydrogen-bond acceptors (Lipinski definition) is 9. The predicted octanol–water partition coefficient (Wildman–Crippen LogP) is 6.45. The number of nitrogens with one attached hydrogen (secondary N) is 1. The topological polar surface area (TPSA) is 146 Å². The van der Waals surface area contributed by atoms with Gasteiger partial charge in [0, 0.05) is 29.6 Å². The minimum absolute atomic E-state index is 0. The van der Waals surface area contributed by atoms with Crippen LogP contribution in [-0.4, -0.2) is 62.7 Å². The van der Waals surface area contributed by atoms with Crippen molar-refractivity contribution in [2.75, 3.05) is 0 Å². The minimum atomic E-state index is -4.23. The number of rotatable bonds is 8. The van der Waals surface area contributed by atoms with Crippen LogP contribution >= 0.6 is 20.0 Å². The van der Waals surface area contributed by atoms with Crippen LogP contribution in [0.1, 0.15) is 16.7 Å². The molecule has 5 aromatic rings. The molecule has 1 heterocycles. The molecule has 0 fully saturated rings. The van der Waals surface area contributed by atoms with Crippen LogP contribution in [0.3, 0.4) is 0 Å². The third-order valence-corrected chi connectivity index (χ3v) is 7.98. The average molecular weight is 650 g/mol. The molecule has 2 N–H and O–H groups in total. The van der Waals surface area contributed by atoms with E-state index in [-0.39, 0.29) is 39.2 Å². The number of aromatic amines is 1. The number of benzene rings is 4. The first kappa shape index (κ1) is 34.2. The number of tetrazole rings is 1. The number of phosphoric ester groups is 1. The molecule has 0 aliphatic heterocycles. The van der Waals surface area contributed by atoms with Crippen molar-refractivity contribution in [3.05, 3.63) is 119 Å². The van der Waals surface area contributed by atoms with Gasteiger partial charge in [-0.3, -0.25) is 4.55 Å². The van der Waals surface area contributed by atoms with Crippen molar-refractivity contribution in [1.29, 1.82) is 0 Å². The summed E-state index contributed by atoms with van der Waals surface area (Å²) < 4.78 is 62.4. The molecule has 1 aromatic heterocycles. The van der Waals surface area contributed by atoms with Crippen LogP contribution in [0.25, 0.3) is 5.69 Å². The first-order chi connectivity index (χ1) is 19.9. The summed E-state index contributed by atoms with van der Waals surface area (Å²) in [6.45, 7) is 5.90. The van der Waals surface area contributed by atoms with E-state index in [0.717, 1.165) is 16.7 Å². The Balaban J connectivity index is 0.000000256. The fourth-order valence-corrected chi connectivity index (χ4v) is 5.35. The minimum Gasteiger partial charge on any atom is -0.386 e. The van der Waals surface area contributed by atoms with E-state index in [0.29, 0.717) is 22.9 Å². The second kappa shape index (κ2) is 14.9. The average Bonchev–Trinajstić information content (AvgIpc) is 3.38. The van der Waals surface area contributed by atoms with Crippen molar-refractivity contribution in [2.24, 2.45) is 0 Å². The van der Waals surface area contributed by atoms with Crippen molar-refractivity contribution in [2.45, 2.75) is 25.7 Å². The van der Waals surface area contributed by atoms with Crippen LogP contribution in [0, 0.1) is 25.5 Å². The Bertz CT molecular complexity index is 1740. The maximum Gasteiger partial charge on any atom is 0.647 e. The van der Waals surface area contributed by atoms with Crippen molar-refractivity contribution in [1.82, 2.24) is 20.2 Å². The zero-order valence-corrected chi connectivity index (χ0v) is 28.3. The van der Waals surface area contributed by atoms with Crippen LogP contribution < -0.4 is 13.6 Å². The molecule has 0 spiro atoms. The fraction of sp³-hybridized carbons (Fsp3) is 0.107. The normalized spacial score (nSPS) is 11.0. The summed E-state index contributed by atoms with van der Waals surface area (Å²) in [6, 6.07) is 27.2. The SMILES string of the molecule is Cc1ccc(OP(=O)(Oc2ccc(C)cc2)Oc2ccc(C)cc2)cc1.O=S(=O)(O)c1cccc(-n2[nH]nnc2=S)c1.[Na]. The second-order valence-electron chi connectivity index (χ2n) is 9.05. The largest absolute Gasteiger partial charge is 0.647 e. The predicted molar refractivity (Wildman–Crippen MR) is 165 cm³/mol. The zero-order valence-electron chi connectivity index (χ0n) is 23.7. The van der Waals surface area contributed by atoms with Crippen LogP contribution in [0.5, 0.6) is 17.2 Å². The third-order valence-electron chi connectivity index (χ3n) is 5.56. The van der Waals surface area contributed by atoms with Gasteiger partial charge in [-0.15, -0.1) is 0 Å². The summed E-state index contributed by atoms with van der Waals surface area (Å²) in [5.41, 5.74) is 3.65. The smallest absolute Gasteiger partial charge is 0.386 e. The van der Waals surface area contributed by atoms with Gasteiger partial charge in [-0.25, -0.2) is 4.68 Å². The standard InChI is InChI=1S/C21H21O4P.C7H6N4O3S2.Na/c1-16-4-10-19(11-5-16)23-26(22,24-20-12-6-17(2)7-13-20)25-21-14-8-18(3)9-15-21;12-16(13,14)6-3-1-2-5(4-6)11-7(15)8-9-10-11;/h4-15H,1-3H3;1-4H,(H,8,10,15)(H,12,13,14);. The Labute approximate surface area is 276 Å². The van der Waals surface area contributed by atoms with Gasteiger partial charge in [0.15, 0.2) is 0 Å². The quantitative estimate of drug-likeness (QED) is 0.0833. The molecule has 219 valence electrons. The summed E-state index contributed by atoms with van der Waals surface area (Å²) in [6.07, 6.45) is 0. The summed E-state index contributed by atoms with van der Waals surface area (Å²) in [4.78, 5) is -0.221. The van der Waals surface area contributed by atoms with Gasteiger partial charge in [-0.05, 0) is 87.6 Å². The van der Waals surface area contributed by atoms with E-state index in [1.165, 1.54) is 22.9 Å². The van der Waals surface area contributed by atoms with Crippen LogP contribution in [0.15, 0.2) is 102 Å². The van der Waals surface area contributed by atoms with Gasteiger partial charge >= 0.3 is 7.82 Å². The van der Waals surface area contributed by atoms with Gasteiger partial charge in [-0.2, -0.15) is 18.2 Å². The molecule has 0 bridgehead atoms. The molecule has 0 aliphatic carbocycles. The Morgan fingerprint density at radius 3 is 1.53 bits per heavy atom. The van der Waals surface area contributed by atoms with E-state index in [1.807, 2.05) is 57.2 Å². The number of aryl methyl sites for hydroxylation is 3. The molecule has 43 heavy (non-hydrogen) atoms. The monoisotopic (exact) mass is 649 g/mol. The van der Waals surface area contributed by atoms with Crippen molar-refractivity contribution in [3.63, 3.8) is 0 Å². The van der Waals surface area contributed by atoms with Crippen molar-refractivity contribution >= 4 is 59.7 Å². The molecule has 1 radical (unpaired) electrons. The maximum absolute atomic E-state index is 13.3. The molecule has 0 saturated carbocycles. The van der Waals surface area contributed by atoms with Gasteiger partial charge in [0.1, 0.15) is 17.2 Å². The molecule has 0 aliphatic rings. The van der Waals surface area contributed by atoms with E-state index in [1.54, 1.807) is 42.5 Å². The van der Waals surface area contributed by atoms with Crippen LogP contribution in [-0.2, 0) is 14.7 Å². The Kier molecular flexibility index (Phi) is 11.9. The second-order valence-corrected chi connectivity index (χ2v) is 12.3. The number of nitrogens with zero attached hydrogens (tertiary/aromatic N) is 3. The van der Waals surface area contributed by atoms with Crippen molar-refractivity contribution in [3.8, 4) is 22.9 Å². The molecule has 0 atom stereocenters. The summed E-state index contributed by atoms with van der Waals surface area (Å²) in [7, 11) is -8.16. The number of phosphoric acid groups is 1. The maximum atomic E-state index is 13.3. The third kappa shape index (κ3) is 10.1. The molecule has 5 rings (SSSR count). The van der Waals surface area contributed by atoms with Gasteiger partial charge < -0.3 is 13.6 Å². The molecule has 11 nitrogen and oxygen atoms in total. The molecular formula is C28H27N4NaO7PS2. The van der Waals surface area contributed by atoms with Gasteiger partial charge in [-0.1, -0.05) is 69.5 Å². The Hall–Kier alpha value is -3.29. The van der Waals surface area contributed by atoms with E-state index in [4.69, 9.17) is 30.3 Å². The molecule has 15 heteroatoms. The zero-order chi connectivity index (χ0) is 30.3. The molecular weight excluding hydrogens is 622 g/mol. The molecule has 0 saturated heterocycles. The summed E-state index contributed by atoms with van der Waals surface area (Å²) >= 11 is 4.85. The molecule has 4 aromatic carbocycles. The first-order valence-corrected chi connectivity index (χ1v) is 15.7. The summed E-state index contributed by atoms with van der Waals surface area (Å²) in [5, 5.41) is 9.48. The Morgan fingerprint density at radius 1 is 0.767 bits per heavy atom. The first-order valence-electron chi connectivity index (χ1n) is 12.4. The van der Waals surface area contributed by atoms with Crippen LogP contribution in [0.4, 0.5) is 0 Å². The van der Waals surface area contributed by atoms with Gasteiger partial charge in [0.2, 0.25) is 4.77 Å².